The number of carbonyl (C=O) groups excluding carboxylic acids is 1. The van der Waals surface area contributed by atoms with Crippen molar-refractivity contribution in [2.24, 2.45) is 0 Å². The van der Waals surface area contributed by atoms with E-state index >= 15 is 0 Å². The number of aliphatic hydroxyl groups excluding tert-OH is 2. The van der Waals surface area contributed by atoms with Crippen molar-refractivity contribution in [3.63, 3.8) is 0 Å². The number of ether oxygens (including phenoxy) is 1. The van der Waals surface area contributed by atoms with Gasteiger partial charge in [-0.3, -0.25) is 0 Å². The summed E-state index contributed by atoms with van der Waals surface area (Å²) >= 11 is 0. The van der Waals surface area contributed by atoms with Crippen molar-refractivity contribution >= 4 is 11.7 Å². The highest BCUT2D eigenvalue weighted by atomic mass is 16.5. The summed E-state index contributed by atoms with van der Waals surface area (Å²) in [6.07, 6.45) is -1.05. The van der Waals surface area contributed by atoms with Gasteiger partial charge in [-0.15, -0.1) is 0 Å². The minimum absolute atomic E-state index is 0.233. The van der Waals surface area contributed by atoms with E-state index in [0.29, 0.717) is 11.3 Å². The summed E-state index contributed by atoms with van der Waals surface area (Å²) in [5.74, 6) is -0.567. The van der Waals surface area contributed by atoms with Crippen LogP contribution in [0.2, 0.25) is 0 Å². The Morgan fingerprint density at radius 2 is 2.19 bits per heavy atom. The zero-order chi connectivity index (χ0) is 12.1. The van der Waals surface area contributed by atoms with Crippen molar-refractivity contribution in [1.82, 2.24) is 0 Å². The van der Waals surface area contributed by atoms with E-state index in [2.05, 4.69) is 0 Å². The molecule has 0 saturated carbocycles. The molecule has 5 nitrogen and oxygen atoms in total. The summed E-state index contributed by atoms with van der Waals surface area (Å²) in [5.41, 5.74) is 7.26. The quantitative estimate of drug-likeness (QED) is 0.498. The van der Waals surface area contributed by atoms with Gasteiger partial charge in [0.1, 0.15) is 12.7 Å². The van der Waals surface area contributed by atoms with Gasteiger partial charge in [-0.25, -0.2) is 4.79 Å². The lowest BCUT2D eigenvalue weighted by Gasteiger charge is -2.09. The second kappa shape index (κ2) is 5.48. The van der Waals surface area contributed by atoms with E-state index in [9.17, 15) is 4.79 Å². The van der Waals surface area contributed by atoms with Gasteiger partial charge in [0, 0.05) is 5.69 Å². The Kier molecular flexibility index (Phi) is 4.28. The standard InChI is InChI=1S/C11H15NO4/c1-7-2-8(4-9(12)3-7)11(15)16-6-10(14)5-13/h2-4,10,13-14H,5-6,12H2,1H3. The highest BCUT2D eigenvalue weighted by molar-refractivity contribution is 5.90. The lowest BCUT2D eigenvalue weighted by molar-refractivity contribution is 0.00933. The molecular weight excluding hydrogens is 210 g/mol. The first-order chi connectivity index (χ1) is 7.52. The van der Waals surface area contributed by atoms with Crippen LogP contribution in [0.5, 0.6) is 0 Å². The third-order valence-corrected chi connectivity index (χ3v) is 1.95. The Balaban J connectivity index is 2.66. The zero-order valence-corrected chi connectivity index (χ0v) is 9.01. The maximum absolute atomic E-state index is 11.5. The highest BCUT2D eigenvalue weighted by Gasteiger charge is 2.11. The lowest BCUT2D eigenvalue weighted by atomic mass is 10.1. The second-order valence-electron chi connectivity index (χ2n) is 3.57. The van der Waals surface area contributed by atoms with Crippen LogP contribution >= 0.6 is 0 Å². The molecule has 1 aromatic rings. The third kappa shape index (κ3) is 3.52. The summed E-state index contributed by atoms with van der Waals surface area (Å²) in [5, 5.41) is 17.6. The molecular formula is C11H15NO4. The number of esters is 1. The molecule has 0 bridgehead atoms. The van der Waals surface area contributed by atoms with Crippen molar-refractivity contribution in [2.45, 2.75) is 13.0 Å². The summed E-state index contributed by atoms with van der Waals surface area (Å²) < 4.78 is 4.79. The largest absolute Gasteiger partial charge is 0.459 e. The van der Waals surface area contributed by atoms with Crippen molar-refractivity contribution < 1.29 is 19.7 Å². The molecule has 0 aliphatic heterocycles. The molecule has 88 valence electrons. The van der Waals surface area contributed by atoms with Crippen molar-refractivity contribution in [3.05, 3.63) is 29.3 Å². The number of rotatable bonds is 4. The number of anilines is 1. The molecule has 1 aromatic carbocycles. The Hall–Kier alpha value is -1.59. The fourth-order valence-corrected chi connectivity index (χ4v) is 1.24. The fraction of sp³-hybridized carbons (Fsp3) is 0.364. The van der Waals surface area contributed by atoms with Crippen LogP contribution in [0.15, 0.2) is 18.2 Å². The zero-order valence-electron chi connectivity index (χ0n) is 9.01. The van der Waals surface area contributed by atoms with E-state index in [1.807, 2.05) is 6.92 Å². The topological polar surface area (TPSA) is 92.8 Å². The summed E-state index contributed by atoms with van der Waals surface area (Å²) in [6.45, 7) is 1.14. The first kappa shape index (κ1) is 12.5. The predicted octanol–water partition coefficient (Wildman–Crippen LogP) is 0.0872. The van der Waals surface area contributed by atoms with Crippen LogP contribution in [0, 0.1) is 6.92 Å². The smallest absolute Gasteiger partial charge is 0.338 e. The van der Waals surface area contributed by atoms with Crippen molar-refractivity contribution in [1.29, 1.82) is 0 Å². The molecule has 0 heterocycles. The molecule has 4 N–H and O–H groups in total. The van der Waals surface area contributed by atoms with Crippen molar-refractivity contribution in [3.8, 4) is 0 Å². The molecule has 16 heavy (non-hydrogen) atoms. The Labute approximate surface area is 93.5 Å². The minimum atomic E-state index is -1.05. The normalized spacial score (nSPS) is 12.2. The van der Waals surface area contributed by atoms with Crippen LogP contribution in [0.3, 0.4) is 0 Å². The van der Waals surface area contributed by atoms with Gasteiger partial charge >= 0.3 is 5.97 Å². The molecule has 0 radical (unpaired) electrons. The maximum Gasteiger partial charge on any atom is 0.338 e. The molecule has 0 aromatic heterocycles. The SMILES string of the molecule is Cc1cc(N)cc(C(=O)OCC(O)CO)c1. The Bertz CT molecular complexity index is 358. The summed E-state index contributed by atoms with van der Waals surface area (Å²) in [7, 11) is 0. The van der Waals surface area contributed by atoms with E-state index < -0.39 is 18.7 Å². The number of aliphatic hydroxyl groups is 2. The molecule has 5 heteroatoms. The van der Waals surface area contributed by atoms with Crippen LogP contribution in [0.25, 0.3) is 0 Å². The van der Waals surface area contributed by atoms with Crippen molar-refractivity contribution in [2.75, 3.05) is 18.9 Å². The van der Waals surface area contributed by atoms with Crippen LogP contribution in [-0.2, 0) is 4.74 Å². The van der Waals surface area contributed by atoms with Gasteiger partial charge in [-0.05, 0) is 30.7 Å². The van der Waals surface area contributed by atoms with Gasteiger partial charge in [-0.2, -0.15) is 0 Å². The predicted molar refractivity (Wildman–Crippen MR) is 59.0 cm³/mol. The molecule has 1 rings (SSSR count). The average Bonchev–Trinajstić information content (AvgIpc) is 2.23. The van der Waals surface area contributed by atoms with Gasteiger partial charge in [0.05, 0.1) is 12.2 Å². The molecule has 0 spiro atoms. The number of benzene rings is 1. The Morgan fingerprint density at radius 3 is 2.75 bits per heavy atom. The van der Waals surface area contributed by atoms with E-state index in [-0.39, 0.29) is 6.61 Å². The monoisotopic (exact) mass is 225 g/mol. The van der Waals surface area contributed by atoms with E-state index in [0.717, 1.165) is 5.56 Å². The van der Waals surface area contributed by atoms with Crippen LogP contribution in [0.1, 0.15) is 15.9 Å². The number of hydrogen-bond donors (Lipinski definition) is 3. The number of nitrogens with two attached hydrogens (primary N) is 1. The molecule has 0 saturated heterocycles. The lowest BCUT2D eigenvalue weighted by Crippen LogP contribution is -2.22. The number of nitrogen functional groups attached to an aromatic ring is 1. The minimum Gasteiger partial charge on any atom is -0.459 e. The maximum atomic E-state index is 11.5. The van der Waals surface area contributed by atoms with Crippen LogP contribution in [-0.4, -0.2) is 35.5 Å². The molecule has 0 aliphatic rings. The third-order valence-electron chi connectivity index (χ3n) is 1.95. The van der Waals surface area contributed by atoms with Gasteiger partial charge in [0.15, 0.2) is 0 Å². The average molecular weight is 225 g/mol. The molecule has 1 atom stereocenters. The number of carbonyl (C=O) groups is 1. The number of hydrogen-bond acceptors (Lipinski definition) is 5. The van der Waals surface area contributed by atoms with E-state index in [1.165, 1.54) is 6.07 Å². The molecule has 0 amide bonds. The molecule has 0 fully saturated rings. The Morgan fingerprint density at radius 1 is 1.50 bits per heavy atom. The number of aryl methyl sites for hydroxylation is 1. The molecule has 1 unspecified atom stereocenters. The van der Waals surface area contributed by atoms with Gasteiger partial charge < -0.3 is 20.7 Å². The van der Waals surface area contributed by atoms with Gasteiger partial charge in [0.2, 0.25) is 0 Å². The van der Waals surface area contributed by atoms with Crippen LogP contribution in [0.4, 0.5) is 5.69 Å². The van der Waals surface area contributed by atoms with Gasteiger partial charge in [0.25, 0.3) is 0 Å². The summed E-state index contributed by atoms with van der Waals surface area (Å²) in [6, 6.07) is 4.88. The fourth-order valence-electron chi connectivity index (χ4n) is 1.24. The second-order valence-corrected chi connectivity index (χ2v) is 3.57. The highest BCUT2D eigenvalue weighted by Crippen LogP contribution is 2.12. The van der Waals surface area contributed by atoms with E-state index in [1.54, 1.807) is 12.1 Å². The molecule has 0 aliphatic carbocycles. The first-order valence-electron chi connectivity index (χ1n) is 4.86. The van der Waals surface area contributed by atoms with Crippen LogP contribution < -0.4 is 5.73 Å². The summed E-state index contributed by atoms with van der Waals surface area (Å²) in [4.78, 5) is 11.5. The first-order valence-corrected chi connectivity index (χ1v) is 4.86. The van der Waals surface area contributed by atoms with Gasteiger partial charge in [-0.1, -0.05) is 0 Å². The van der Waals surface area contributed by atoms with E-state index in [4.69, 9.17) is 20.7 Å².